The molecule has 3 nitrogen and oxygen atoms in total. The van der Waals surface area contributed by atoms with Gasteiger partial charge in [-0.05, 0) is 23.0 Å². The normalized spacial score (nSPS) is 13.0. The summed E-state index contributed by atoms with van der Waals surface area (Å²) in [7, 11) is 0. The van der Waals surface area contributed by atoms with Crippen molar-refractivity contribution in [1.29, 1.82) is 0 Å². The molecule has 1 unspecified atom stereocenters. The van der Waals surface area contributed by atoms with Crippen molar-refractivity contribution in [2.24, 2.45) is 5.92 Å². The van der Waals surface area contributed by atoms with Crippen LogP contribution in [0.3, 0.4) is 0 Å². The van der Waals surface area contributed by atoms with Crippen LogP contribution in [-0.2, 0) is 5.41 Å². The van der Waals surface area contributed by atoms with E-state index in [1.54, 1.807) is 0 Å². The average molecular weight is 297 g/mol. The number of rotatable bonds is 3. The number of fused-ring (bicyclic) bond motifs is 3. The van der Waals surface area contributed by atoms with Crippen LogP contribution in [0.1, 0.15) is 53.5 Å². The topological polar surface area (TPSA) is 30.2 Å². The molecule has 0 fully saturated rings. The van der Waals surface area contributed by atoms with Crippen molar-refractivity contribution >= 4 is 16.6 Å². The van der Waals surface area contributed by atoms with E-state index < -0.39 is 0 Å². The lowest BCUT2D eigenvalue weighted by Crippen LogP contribution is -2.26. The van der Waals surface area contributed by atoms with E-state index in [-0.39, 0.29) is 5.41 Å². The van der Waals surface area contributed by atoms with Gasteiger partial charge in [0.1, 0.15) is 12.0 Å². The van der Waals surface area contributed by atoms with Crippen LogP contribution < -0.4 is 0 Å². The van der Waals surface area contributed by atoms with E-state index in [4.69, 9.17) is 0 Å². The fourth-order valence-electron chi connectivity index (χ4n) is 2.92. The molecule has 0 amide bonds. The third-order valence-corrected chi connectivity index (χ3v) is 4.79. The minimum Gasteiger partial charge on any atom is -0.290 e. The number of imidazole rings is 1. The lowest BCUT2D eigenvalue weighted by molar-refractivity contribution is 0.337. The predicted molar refractivity (Wildman–Crippen MR) is 94.3 cm³/mol. The van der Waals surface area contributed by atoms with Crippen molar-refractivity contribution in [2.45, 2.75) is 53.4 Å². The molecule has 0 aliphatic rings. The van der Waals surface area contributed by atoms with Gasteiger partial charge < -0.3 is 0 Å². The van der Waals surface area contributed by atoms with Crippen LogP contribution >= 0.6 is 0 Å². The van der Waals surface area contributed by atoms with Crippen molar-refractivity contribution in [2.75, 3.05) is 0 Å². The smallest absolute Gasteiger partial charge is 0.147 e. The quantitative estimate of drug-likeness (QED) is 0.662. The molecule has 3 aromatic rings. The van der Waals surface area contributed by atoms with E-state index in [1.165, 1.54) is 10.9 Å². The van der Waals surface area contributed by atoms with Gasteiger partial charge in [-0.2, -0.15) is 0 Å². The van der Waals surface area contributed by atoms with Crippen molar-refractivity contribution in [3.8, 4) is 0 Å². The zero-order chi connectivity index (χ0) is 16.3. The Labute approximate surface area is 133 Å². The van der Waals surface area contributed by atoms with Gasteiger partial charge >= 0.3 is 0 Å². The molecule has 0 bridgehead atoms. The van der Waals surface area contributed by atoms with Gasteiger partial charge in [0.25, 0.3) is 0 Å². The summed E-state index contributed by atoms with van der Waals surface area (Å²) in [5.41, 5.74) is 3.47. The lowest BCUT2D eigenvalue weighted by Gasteiger charge is -2.32. The molecule has 1 atom stereocenters. The first-order chi connectivity index (χ1) is 10.6. The Kier molecular flexibility index (Phi) is 4.84. The molecule has 3 heteroatoms. The van der Waals surface area contributed by atoms with E-state index in [1.807, 2.05) is 37.0 Å². The number of hydrogen-bond acceptors (Lipinski definition) is 2. The molecular formula is C19H27N3. The summed E-state index contributed by atoms with van der Waals surface area (Å²) < 4.78 is 2.00. The Morgan fingerprint density at radius 3 is 2.59 bits per heavy atom. The average Bonchev–Trinajstić information content (AvgIpc) is 3.04. The maximum absolute atomic E-state index is 4.56. The summed E-state index contributed by atoms with van der Waals surface area (Å²) in [5, 5.41) is 1.19. The van der Waals surface area contributed by atoms with Gasteiger partial charge in [-0.1, -0.05) is 60.1 Å². The van der Waals surface area contributed by atoms with Crippen LogP contribution in [0.25, 0.3) is 16.6 Å². The predicted octanol–water partition coefficient (Wildman–Crippen LogP) is 5.23. The highest BCUT2D eigenvalue weighted by atomic mass is 15.0. The van der Waals surface area contributed by atoms with Crippen molar-refractivity contribution in [1.82, 2.24) is 14.4 Å². The maximum atomic E-state index is 4.56. The third-order valence-electron chi connectivity index (χ3n) is 4.79. The molecule has 2 heterocycles. The number of nitrogens with zero attached hydrogens (tertiary/aromatic N) is 3. The molecule has 0 aliphatic carbocycles. The standard InChI is InChI=1S/C17H21N3.C2H6/c1-5-12(2)17(3,4)13-7-6-8-14-15(13)16-18-9-10-20(16)11-19-14;1-2/h6-12H,5H2,1-4H3;1-2H3. The zero-order valence-corrected chi connectivity index (χ0v) is 14.6. The molecule has 0 radical (unpaired) electrons. The fourth-order valence-corrected chi connectivity index (χ4v) is 2.92. The van der Waals surface area contributed by atoms with Gasteiger partial charge in [0.15, 0.2) is 0 Å². The molecule has 118 valence electrons. The van der Waals surface area contributed by atoms with Gasteiger partial charge in [-0.25, -0.2) is 9.97 Å². The molecule has 0 N–H and O–H groups in total. The highest BCUT2D eigenvalue weighted by Crippen LogP contribution is 2.38. The minimum atomic E-state index is 0.101. The number of aromatic nitrogens is 3. The highest BCUT2D eigenvalue weighted by molar-refractivity contribution is 5.94. The van der Waals surface area contributed by atoms with Crippen molar-refractivity contribution < 1.29 is 0 Å². The van der Waals surface area contributed by atoms with Crippen LogP contribution in [0.5, 0.6) is 0 Å². The Hall–Kier alpha value is -1.90. The van der Waals surface area contributed by atoms with Crippen LogP contribution in [0.2, 0.25) is 0 Å². The fraction of sp³-hybridized carbons (Fsp3) is 0.474. The van der Waals surface area contributed by atoms with Gasteiger partial charge in [0.2, 0.25) is 0 Å². The van der Waals surface area contributed by atoms with Crippen LogP contribution in [0, 0.1) is 5.92 Å². The van der Waals surface area contributed by atoms with Crippen LogP contribution in [0.4, 0.5) is 0 Å². The summed E-state index contributed by atoms with van der Waals surface area (Å²) in [6.07, 6.45) is 6.79. The summed E-state index contributed by atoms with van der Waals surface area (Å²) in [4.78, 5) is 9.09. The Balaban J connectivity index is 0.000000847. The second kappa shape index (κ2) is 6.47. The third kappa shape index (κ3) is 2.60. The van der Waals surface area contributed by atoms with E-state index in [2.05, 4.69) is 55.9 Å². The molecule has 0 saturated heterocycles. The Morgan fingerprint density at radius 2 is 1.91 bits per heavy atom. The SMILES string of the molecule is CC.CCC(C)C(C)(C)c1cccc2ncn3ccnc3c12. The van der Waals surface area contributed by atoms with E-state index in [0.717, 1.165) is 17.6 Å². The highest BCUT2D eigenvalue weighted by Gasteiger charge is 2.29. The van der Waals surface area contributed by atoms with E-state index in [9.17, 15) is 0 Å². The maximum Gasteiger partial charge on any atom is 0.147 e. The van der Waals surface area contributed by atoms with Crippen molar-refractivity contribution in [3.05, 3.63) is 42.5 Å². The first kappa shape index (κ1) is 16.5. The summed E-state index contributed by atoms with van der Waals surface area (Å²) in [5.74, 6) is 0.600. The molecular weight excluding hydrogens is 270 g/mol. The molecule has 22 heavy (non-hydrogen) atoms. The van der Waals surface area contributed by atoms with E-state index >= 15 is 0 Å². The van der Waals surface area contributed by atoms with E-state index in [0.29, 0.717) is 5.92 Å². The van der Waals surface area contributed by atoms with Gasteiger partial charge in [-0.15, -0.1) is 0 Å². The Morgan fingerprint density at radius 1 is 1.18 bits per heavy atom. The minimum absolute atomic E-state index is 0.101. The van der Waals surface area contributed by atoms with Gasteiger partial charge in [-0.3, -0.25) is 4.40 Å². The number of hydrogen-bond donors (Lipinski definition) is 0. The zero-order valence-electron chi connectivity index (χ0n) is 14.6. The lowest BCUT2D eigenvalue weighted by atomic mass is 9.72. The summed E-state index contributed by atoms with van der Waals surface area (Å²) >= 11 is 0. The largest absolute Gasteiger partial charge is 0.290 e. The first-order valence-corrected chi connectivity index (χ1v) is 8.26. The summed E-state index contributed by atoms with van der Waals surface area (Å²) in [6, 6.07) is 6.40. The first-order valence-electron chi connectivity index (χ1n) is 8.26. The second-order valence-corrected chi connectivity index (χ2v) is 6.13. The molecule has 3 rings (SSSR count). The van der Waals surface area contributed by atoms with Gasteiger partial charge in [0.05, 0.1) is 5.52 Å². The number of benzene rings is 1. The molecule has 0 aliphatic heterocycles. The second-order valence-electron chi connectivity index (χ2n) is 6.13. The Bertz CT molecular complexity index is 756. The van der Waals surface area contributed by atoms with Crippen molar-refractivity contribution in [3.63, 3.8) is 0 Å². The monoisotopic (exact) mass is 297 g/mol. The molecule has 1 aromatic carbocycles. The molecule has 0 spiro atoms. The molecule has 2 aromatic heterocycles. The van der Waals surface area contributed by atoms with Crippen LogP contribution in [0.15, 0.2) is 36.9 Å². The summed E-state index contributed by atoms with van der Waals surface area (Å²) in [6.45, 7) is 13.2. The van der Waals surface area contributed by atoms with Gasteiger partial charge in [0, 0.05) is 17.8 Å². The van der Waals surface area contributed by atoms with Crippen LogP contribution in [-0.4, -0.2) is 14.4 Å². The molecule has 0 saturated carbocycles.